The van der Waals surface area contributed by atoms with Gasteiger partial charge in [0.1, 0.15) is 0 Å². The third-order valence-electron chi connectivity index (χ3n) is 4.37. The third-order valence-corrected chi connectivity index (χ3v) is 4.37. The Morgan fingerprint density at radius 3 is 2.56 bits per heavy atom. The number of benzene rings is 1. The molecule has 0 aliphatic carbocycles. The van der Waals surface area contributed by atoms with Gasteiger partial charge in [0.05, 0.1) is 11.5 Å². The van der Waals surface area contributed by atoms with Gasteiger partial charge >= 0.3 is 0 Å². The Labute approximate surface area is 108 Å². The van der Waals surface area contributed by atoms with Gasteiger partial charge in [-0.25, -0.2) is 0 Å². The summed E-state index contributed by atoms with van der Waals surface area (Å²) in [5.74, 6) is -0.0267. The lowest BCUT2D eigenvalue weighted by Gasteiger charge is -2.28. The minimum atomic E-state index is -0.552. The van der Waals surface area contributed by atoms with Crippen molar-refractivity contribution in [2.75, 3.05) is 13.6 Å². The highest BCUT2D eigenvalue weighted by Crippen LogP contribution is 2.40. The van der Waals surface area contributed by atoms with Crippen molar-refractivity contribution in [2.24, 2.45) is 0 Å². The second-order valence-electron chi connectivity index (χ2n) is 5.73. The average Bonchev–Trinajstić information content (AvgIpc) is 2.50. The first-order valence-electron chi connectivity index (χ1n) is 6.26. The molecular weight excluding hydrogens is 228 g/mol. The van der Waals surface area contributed by atoms with Crippen LogP contribution >= 0.6 is 0 Å². The van der Waals surface area contributed by atoms with Crippen molar-refractivity contribution in [3.63, 3.8) is 0 Å². The Morgan fingerprint density at radius 2 is 2.00 bits per heavy atom. The molecule has 18 heavy (non-hydrogen) atoms. The topological polar surface area (TPSA) is 46.4 Å². The van der Waals surface area contributed by atoms with E-state index in [2.05, 4.69) is 4.90 Å². The zero-order chi connectivity index (χ0) is 13.5. The van der Waals surface area contributed by atoms with Gasteiger partial charge < -0.3 is 0 Å². The van der Waals surface area contributed by atoms with Crippen molar-refractivity contribution in [3.05, 3.63) is 45.5 Å². The van der Waals surface area contributed by atoms with Crippen LogP contribution in [0.2, 0.25) is 0 Å². The predicted molar refractivity (Wildman–Crippen MR) is 71.4 cm³/mol. The van der Waals surface area contributed by atoms with Crippen LogP contribution in [0.5, 0.6) is 0 Å². The lowest BCUT2D eigenvalue weighted by atomic mass is 9.84. The fourth-order valence-corrected chi connectivity index (χ4v) is 3.02. The number of aryl methyl sites for hydroxylation is 1. The van der Waals surface area contributed by atoms with Crippen LogP contribution in [0.4, 0.5) is 0 Å². The van der Waals surface area contributed by atoms with Gasteiger partial charge in [-0.05, 0) is 38.9 Å². The van der Waals surface area contributed by atoms with Crippen molar-refractivity contribution in [2.45, 2.75) is 38.3 Å². The van der Waals surface area contributed by atoms with Gasteiger partial charge in [-0.3, -0.25) is 15.0 Å². The standard InChI is InChI=1S/C14H20N2O2/c1-10-7-5-6-8-11(10)12-9-15(4)14(2,3)13(12)16(17)18/h5-8,12-13H,9H2,1-4H3/t12-,13+/m0/s1. The van der Waals surface area contributed by atoms with Gasteiger partial charge in [0.25, 0.3) is 0 Å². The van der Waals surface area contributed by atoms with E-state index in [1.807, 2.05) is 52.1 Å². The monoisotopic (exact) mass is 248 g/mol. The van der Waals surface area contributed by atoms with Gasteiger partial charge in [0.2, 0.25) is 6.04 Å². The molecule has 1 aliphatic heterocycles. The summed E-state index contributed by atoms with van der Waals surface area (Å²) in [7, 11) is 1.97. The first-order chi connectivity index (χ1) is 8.35. The van der Waals surface area contributed by atoms with E-state index < -0.39 is 11.6 Å². The van der Waals surface area contributed by atoms with E-state index in [-0.39, 0.29) is 10.8 Å². The molecule has 2 rings (SSSR count). The highest BCUT2D eigenvalue weighted by Gasteiger charge is 2.54. The molecule has 0 spiro atoms. The maximum Gasteiger partial charge on any atom is 0.238 e. The highest BCUT2D eigenvalue weighted by atomic mass is 16.6. The molecule has 1 fully saturated rings. The van der Waals surface area contributed by atoms with E-state index in [0.29, 0.717) is 0 Å². The highest BCUT2D eigenvalue weighted by molar-refractivity contribution is 5.32. The molecule has 0 unspecified atom stereocenters. The van der Waals surface area contributed by atoms with E-state index in [1.165, 1.54) is 0 Å². The van der Waals surface area contributed by atoms with E-state index >= 15 is 0 Å². The number of hydrogen-bond donors (Lipinski definition) is 0. The number of rotatable bonds is 2. The van der Waals surface area contributed by atoms with Gasteiger partial charge in [0, 0.05) is 11.5 Å². The summed E-state index contributed by atoms with van der Waals surface area (Å²) < 4.78 is 0. The van der Waals surface area contributed by atoms with Crippen molar-refractivity contribution < 1.29 is 4.92 Å². The Hall–Kier alpha value is -1.42. The summed E-state index contributed by atoms with van der Waals surface area (Å²) in [5, 5.41) is 11.4. The maximum absolute atomic E-state index is 11.4. The van der Waals surface area contributed by atoms with Crippen molar-refractivity contribution >= 4 is 0 Å². The average molecular weight is 248 g/mol. The van der Waals surface area contributed by atoms with Crippen LogP contribution < -0.4 is 0 Å². The van der Waals surface area contributed by atoms with Gasteiger partial charge in [-0.15, -0.1) is 0 Å². The van der Waals surface area contributed by atoms with Crippen LogP contribution in [0.25, 0.3) is 0 Å². The molecule has 0 N–H and O–H groups in total. The summed E-state index contributed by atoms with van der Waals surface area (Å²) in [6, 6.07) is 7.43. The third kappa shape index (κ3) is 1.90. The summed E-state index contributed by atoms with van der Waals surface area (Å²) in [6.07, 6.45) is 0. The van der Waals surface area contributed by atoms with Crippen molar-refractivity contribution in [3.8, 4) is 0 Å². The van der Waals surface area contributed by atoms with Gasteiger partial charge in [-0.1, -0.05) is 24.3 Å². The molecule has 1 aromatic rings. The largest absolute Gasteiger partial charge is 0.294 e. The minimum absolute atomic E-state index is 0.0267. The van der Waals surface area contributed by atoms with E-state index in [0.717, 1.165) is 17.7 Å². The Morgan fingerprint density at radius 1 is 1.39 bits per heavy atom. The molecule has 4 heteroatoms. The molecule has 0 bridgehead atoms. The number of likely N-dealkylation sites (tertiary alicyclic amines) is 1. The first kappa shape index (κ1) is 13.0. The van der Waals surface area contributed by atoms with Gasteiger partial charge in [0.15, 0.2) is 0 Å². The molecule has 2 atom stereocenters. The summed E-state index contributed by atoms with van der Waals surface area (Å²) in [6.45, 7) is 6.68. The molecule has 0 saturated carbocycles. The Bertz CT molecular complexity index is 471. The van der Waals surface area contributed by atoms with Crippen LogP contribution in [0.15, 0.2) is 24.3 Å². The SMILES string of the molecule is Cc1ccccc1[C@@H]1CN(C)C(C)(C)[C@@H]1[N+](=O)[O-]. The smallest absolute Gasteiger partial charge is 0.238 e. The molecule has 1 heterocycles. The number of hydrogen-bond acceptors (Lipinski definition) is 3. The minimum Gasteiger partial charge on any atom is -0.294 e. The fourth-order valence-electron chi connectivity index (χ4n) is 3.02. The molecule has 0 radical (unpaired) electrons. The molecule has 98 valence electrons. The predicted octanol–water partition coefficient (Wildman–Crippen LogP) is 2.45. The molecule has 1 aliphatic rings. The van der Waals surface area contributed by atoms with Crippen molar-refractivity contribution in [1.29, 1.82) is 0 Å². The number of nitro groups is 1. The van der Waals surface area contributed by atoms with Crippen LogP contribution in [0, 0.1) is 17.0 Å². The summed E-state index contributed by atoms with van der Waals surface area (Å²) >= 11 is 0. The van der Waals surface area contributed by atoms with E-state index in [9.17, 15) is 10.1 Å². The zero-order valence-electron chi connectivity index (χ0n) is 11.4. The van der Waals surface area contributed by atoms with E-state index in [1.54, 1.807) is 0 Å². The maximum atomic E-state index is 11.4. The zero-order valence-corrected chi connectivity index (χ0v) is 11.4. The molecular formula is C14H20N2O2. The molecule has 0 amide bonds. The molecule has 0 aromatic heterocycles. The van der Waals surface area contributed by atoms with Crippen LogP contribution in [-0.4, -0.2) is 35.0 Å². The lowest BCUT2D eigenvalue weighted by Crippen LogP contribution is -2.47. The Balaban J connectivity index is 2.45. The van der Waals surface area contributed by atoms with E-state index in [4.69, 9.17) is 0 Å². The summed E-state index contributed by atoms with van der Waals surface area (Å²) in [4.78, 5) is 13.4. The van der Waals surface area contributed by atoms with Crippen LogP contribution in [0.1, 0.15) is 30.9 Å². The van der Waals surface area contributed by atoms with Gasteiger partial charge in [-0.2, -0.15) is 0 Å². The molecule has 1 saturated heterocycles. The second-order valence-corrected chi connectivity index (χ2v) is 5.73. The van der Waals surface area contributed by atoms with Crippen LogP contribution in [0.3, 0.4) is 0 Å². The summed E-state index contributed by atoms with van der Waals surface area (Å²) in [5.41, 5.74) is 1.84. The normalized spacial score (nSPS) is 27.3. The molecule has 4 nitrogen and oxygen atoms in total. The lowest BCUT2D eigenvalue weighted by molar-refractivity contribution is -0.534. The molecule has 1 aromatic carbocycles. The number of nitrogens with zero attached hydrogens (tertiary/aromatic N) is 2. The van der Waals surface area contributed by atoms with Crippen molar-refractivity contribution in [1.82, 2.24) is 4.90 Å². The fraction of sp³-hybridized carbons (Fsp3) is 0.571. The first-order valence-corrected chi connectivity index (χ1v) is 6.26. The second kappa shape index (κ2) is 4.35. The quantitative estimate of drug-likeness (QED) is 0.596. The Kier molecular flexibility index (Phi) is 3.15. The number of likely N-dealkylation sites (N-methyl/N-ethyl adjacent to an activating group) is 1. The van der Waals surface area contributed by atoms with Crippen LogP contribution in [-0.2, 0) is 0 Å².